The van der Waals surface area contributed by atoms with E-state index in [0.717, 1.165) is 37.0 Å². The Kier molecular flexibility index (Phi) is 6.91. The van der Waals surface area contributed by atoms with Crippen LogP contribution < -0.4 is 4.74 Å². The molecule has 0 N–H and O–H groups in total. The van der Waals surface area contributed by atoms with Crippen LogP contribution >= 0.6 is 0 Å². The van der Waals surface area contributed by atoms with Gasteiger partial charge in [0.25, 0.3) is 0 Å². The average Bonchev–Trinajstić information content (AvgIpc) is 2.56. The lowest BCUT2D eigenvalue weighted by molar-refractivity contribution is 0.0962. The van der Waals surface area contributed by atoms with Crippen LogP contribution in [0.3, 0.4) is 0 Å². The zero-order valence-electron chi connectivity index (χ0n) is 15.4. The molecule has 0 heterocycles. The van der Waals surface area contributed by atoms with E-state index >= 15 is 0 Å². The minimum absolute atomic E-state index is 0.0165. The smallest absolute Gasteiger partial charge is 0.162 e. The number of carbonyl (C=O) groups excluding carboxylic acids is 1. The maximum absolute atomic E-state index is 12.3. The summed E-state index contributed by atoms with van der Waals surface area (Å²) < 4.78 is 5.97. The van der Waals surface area contributed by atoms with Gasteiger partial charge >= 0.3 is 0 Å². The summed E-state index contributed by atoms with van der Waals surface area (Å²) in [6.45, 7) is 6.61. The first kappa shape index (κ1) is 18.6. The normalized spacial score (nSPS) is 18.0. The van der Waals surface area contributed by atoms with Gasteiger partial charge in [-0.3, -0.25) is 4.79 Å². The predicted molar refractivity (Wildman–Crippen MR) is 99.4 cm³/mol. The quantitative estimate of drug-likeness (QED) is 0.467. The number of hydrogen-bond acceptors (Lipinski definition) is 2. The highest BCUT2D eigenvalue weighted by Gasteiger charge is 2.17. The lowest BCUT2D eigenvalue weighted by Gasteiger charge is -2.21. The summed E-state index contributed by atoms with van der Waals surface area (Å²) in [5.41, 5.74) is 1.01. The second kappa shape index (κ2) is 8.92. The van der Waals surface area contributed by atoms with Gasteiger partial charge in [-0.15, -0.1) is 0 Å². The molecule has 130 valence electrons. The number of carbonyl (C=O) groups is 1. The highest BCUT2D eigenvalue weighted by Crippen LogP contribution is 2.27. The molecule has 0 saturated heterocycles. The van der Waals surface area contributed by atoms with E-state index in [1.807, 2.05) is 24.3 Å². The Morgan fingerprint density at radius 2 is 1.96 bits per heavy atom. The molecular weight excluding hydrogens is 296 g/mol. The molecule has 2 heteroatoms. The van der Waals surface area contributed by atoms with E-state index in [9.17, 15) is 4.79 Å². The number of ketones is 1. The van der Waals surface area contributed by atoms with Crippen molar-refractivity contribution < 1.29 is 9.53 Å². The lowest BCUT2D eigenvalue weighted by Crippen LogP contribution is -2.15. The molecule has 2 nitrogen and oxygen atoms in total. The van der Waals surface area contributed by atoms with Crippen molar-refractivity contribution in [2.75, 3.05) is 0 Å². The molecule has 1 atom stereocenters. The molecular formula is C22H30O2. The fourth-order valence-electron chi connectivity index (χ4n) is 2.72. The van der Waals surface area contributed by atoms with Gasteiger partial charge in [-0.25, -0.2) is 0 Å². The van der Waals surface area contributed by atoms with E-state index < -0.39 is 0 Å². The second-order valence-corrected chi connectivity index (χ2v) is 7.49. The highest BCUT2D eigenvalue weighted by molar-refractivity contribution is 5.96. The lowest BCUT2D eigenvalue weighted by atomic mass is 9.84. The third-order valence-electron chi connectivity index (χ3n) is 4.97. The van der Waals surface area contributed by atoms with Gasteiger partial charge in [-0.05, 0) is 55.4 Å². The molecule has 2 rings (SSSR count). The first-order valence-corrected chi connectivity index (χ1v) is 9.28. The molecule has 0 radical (unpaired) electrons. The van der Waals surface area contributed by atoms with Crippen LogP contribution in [0.4, 0.5) is 0 Å². The van der Waals surface area contributed by atoms with Crippen LogP contribution in [0.25, 0.3) is 0 Å². The zero-order chi connectivity index (χ0) is 17.4. The Hall–Kier alpha value is -1.75. The molecule has 0 amide bonds. The first-order valence-electron chi connectivity index (χ1n) is 9.28. The standard InChI is InChI=1S/C22H30O2/c1-4-22(2,3)17-16-21(23)18-12-14-20(15-13-18)24-19-10-8-6-5-7-9-11-19/h12-15,19H,4-8,10,16-17H2,1-3H3. The maximum atomic E-state index is 12.3. The number of ether oxygens (including phenoxy) is 1. The highest BCUT2D eigenvalue weighted by atomic mass is 16.5. The Labute approximate surface area is 147 Å². The summed E-state index contributed by atoms with van der Waals surface area (Å²) in [7, 11) is 0. The first-order chi connectivity index (χ1) is 11.5. The third kappa shape index (κ3) is 6.04. The van der Waals surface area contributed by atoms with Crippen molar-refractivity contribution in [2.45, 2.75) is 78.2 Å². The van der Waals surface area contributed by atoms with Crippen LogP contribution in [0, 0.1) is 17.3 Å². The Morgan fingerprint density at radius 3 is 2.67 bits per heavy atom. The van der Waals surface area contributed by atoms with Crippen LogP contribution in [-0.2, 0) is 0 Å². The molecule has 0 fully saturated rings. The van der Waals surface area contributed by atoms with E-state index in [2.05, 4.69) is 32.6 Å². The number of hydrogen-bond donors (Lipinski definition) is 0. The second-order valence-electron chi connectivity index (χ2n) is 7.49. The van der Waals surface area contributed by atoms with Crippen LogP contribution in [0.1, 0.15) is 82.5 Å². The summed E-state index contributed by atoms with van der Waals surface area (Å²) in [6, 6.07) is 7.57. The van der Waals surface area contributed by atoms with Gasteiger partial charge in [0.2, 0.25) is 0 Å². The monoisotopic (exact) mass is 326 g/mol. The topological polar surface area (TPSA) is 26.3 Å². The van der Waals surface area contributed by atoms with Gasteiger partial charge in [0, 0.05) is 18.4 Å². The zero-order valence-corrected chi connectivity index (χ0v) is 15.4. The van der Waals surface area contributed by atoms with Gasteiger partial charge in [-0.1, -0.05) is 45.5 Å². The minimum atomic E-state index is -0.0165. The molecule has 1 unspecified atom stereocenters. The summed E-state index contributed by atoms with van der Waals surface area (Å²) in [6.07, 6.45) is 8.17. The van der Waals surface area contributed by atoms with Crippen LogP contribution in [0.5, 0.6) is 5.75 Å². The predicted octanol–water partition coefficient (Wildman–Crippen LogP) is 5.80. The van der Waals surface area contributed by atoms with E-state index in [4.69, 9.17) is 4.74 Å². The fourth-order valence-corrected chi connectivity index (χ4v) is 2.72. The number of Topliss-reactive ketones (excluding diaryl/α,β-unsaturated/α-hetero) is 1. The van der Waals surface area contributed by atoms with Crippen molar-refractivity contribution in [3.05, 3.63) is 29.8 Å². The van der Waals surface area contributed by atoms with Crippen molar-refractivity contribution in [2.24, 2.45) is 5.41 Å². The van der Waals surface area contributed by atoms with E-state index in [1.165, 1.54) is 19.3 Å². The molecule has 24 heavy (non-hydrogen) atoms. The van der Waals surface area contributed by atoms with Gasteiger partial charge in [0.1, 0.15) is 5.75 Å². The Bertz CT molecular complexity index is 587. The summed E-state index contributed by atoms with van der Waals surface area (Å²) >= 11 is 0. The van der Waals surface area contributed by atoms with Crippen molar-refractivity contribution in [1.29, 1.82) is 0 Å². The van der Waals surface area contributed by atoms with E-state index in [1.54, 1.807) is 0 Å². The van der Waals surface area contributed by atoms with Crippen molar-refractivity contribution in [1.82, 2.24) is 0 Å². The van der Waals surface area contributed by atoms with Gasteiger partial charge in [0.05, 0.1) is 0 Å². The third-order valence-corrected chi connectivity index (χ3v) is 4.97. The van der Waals surface area contributed by atoms with Gasteiger partial charge in [-0.2, -0.15) is 0 Å². The van der Waals surface area contributed by atoms with Crippen molar-refractivity contribution in [3.63, 3.8) is 0 Å². The van der Waals surface area contributed by atoms with Crippen molar-refractivity contribution in [3.8, 4) is 17.6 Å². The van der Waals surface area contributed by atoms with Gasteiger partial charge < -0.3 is 4.74 Å². The van der Waals surface area contributed by atoms with E-state index in [-0.39, 0.29) is 17.3 Å². The number of rotatable bonds is 7. The molecule has 0 bridgehead atoms. The molecule has 1 aliphatic carbocycles. The fraction of sp³-hybridized carbons (Fsp3) is 0.591. The SMILES string of the molecule is CCC(C)(C)CCC(=O)c1ccc(OC2C#CCCCCC2)cc1. The molecule has 1 aromatic rings. The Morgan fingerprint density at radius 1 is 1.21 bits per heavy atom. The largest absolute Gasteiger partial charge is 0.478 e. The molecule has 1 aromatic carbocycles. The van der Waals surface area contributed by atoms with Gasteiger partial charge in [0.15, 0.2) is 11.9 Å². The summed E-state index contributed by atoms with van der Waals surface area (Å²) in [4.78, 5) is 12.3. The van der Waals surface area contributed by atoms with Crippen LogP contribution in [0.15, 0.2) is 24.3 Å². The van der Waals surface area contributed by atoms with E-state index in [0.29, 0.717) is 6.42 Å². The molecule has 1 aliphatic rings. The van der Waals surface area contributed by atoms with Crippen molar-refractivity contribution >= 4 is 5.78 Å². The molecule has 0 spiro atoms. The Balaban J connectivity index is 1.91. The summed E-state index contributed by atoms with van der Waals surface area (Å²) in [5, 5.41) is 0. The molecule has 0 saturated carbocycles. The molecule has 0 aliphatic heterocycles. The average molecular weight is 326 g/mol. The summed E-state index contributed by atoms with van der Waals surface area (Å²) in [5.74, 6) is 7.43. The minimum Gasteiger partial charge on any atom is -0.478 e. The number of benzene rings is 1. The van der Waals surface area contributed by atoms with Crippen LogP contribution in [0.2, 0.25) is 0 Å². The van der Waals surface area contributed by atoms with Crippen LogP contribution in [-0.4, -0.2) is 11.9 Å². The molecule has 0 aromatic heterocycles. The maximum Gasteiger partial charge on any atom is 0.162 e.